The van der Waals surface area contributed by atoms with Crippen molar-refractivity contribution >= 4 is 63.1 Å². The Morgan fingerprint density at radius 1 is 0.605 bits per heavy atom. The first kappa shape index (κ1) is 54.1. The average Bonchev–Trinajstić information content (AvgIpc) is 1.58. The molecule has 18 rings (SSSR count). The molecule has 86 heavy (non-hydrogen) atoms. The number of hydrogen-bond acceptors (Lipinski definition) is 25. The van der Waals surface area contributed by atoms with E-state index in [1.807, 2.05) is 27.7 Å². The van der Waals surface area contributed by atoms with Gasteiger partial charge in [0.1, 0.15) is 51.1 Å². The standard InChI is InChI=1S/C20H24N8O2.C20H21N7O.C19H22N8O/c1-20(2)18-24-14-16(27-7-12-9-29-10-13(12)8-27)25-15(11-5-22-19(21)23-6-11)26-17(14)28(18)3-4-30-20;1-19(2)15-12(4-7-28-19)13-14(25-15)16(20(10-21)5-3-6-20)27-17(26-13)11-8-23-18(22)24-9-11;1-19(2)18-23-14-16(26(18)3-4-28-19)24-15(12-7-22-13(20)8-21-12)25-17(14)27-9-10-5-11(27)6-10/h5-6,12-13H,3-4,7-10H2,1-2H3,(H2,21,22,23);8-9,12H,3-7H2,1-2H3,(H2,22,23,24);7-8,10-11H,3-6,9H2,1-2H3,(H2,20,22). The zero-order valence-electron chi connectivity index (χ0n) is 49.0. The van der Waals surface area contributed by atoms with Gasteiger partial charge in [-0.2, -0.15) is 5.26 Å². The Kier molecular flexibility index (Phi) is 12.6. The Hall–Kier alpha value is -8.58. The van der Waals surface area contributed by atoms with Crippen LogP contribution < -0.4 is 27.0 Å². The smallest absolute Gasteiger partial charge is 0.219 e. The molecule has 0 spiro atoms. The van der Waals surface area contributed by atoms with Crippen molar-refractivity contribution in [3.05, 3.63) is 60.2 Å². The van der Waals surface area contributed by atoms with Gasteiger partial charge in [0.05, 0.1) is 73.1 Å². The summed E-state index contributed by atoms with van der Waals surface area (Å²) in [6, 6.07) is 3.06. The van der Waals surface area contributed by atoms with Crippen LogP contribution >= 0.6 is 0 Å². The fraction of sp³-hybridized carbons (Fsp3) is 0.525. The maximum atomic E-state index is 9.96. The van der Waals surface area contributed by atoms with Gasteiger partial charge in [0.2, 0.25) is 11.9 Å². The third-order valence-corrected chi connectivity index (χ3v) is 18.6. The van der Waals surface area contributed by atoms with E-state index in [1.165, 1.54) is 19.0 Å². The normalized spacial score (nSPS) is 24.6. The number of rotatable bonds is 6. The van der Waals surface area contributed by atoms with E-state index in [1.54, 1.807) is 31.0 Å². The van der Waals surface area contributed by atoms with Gasteiger partial charge in [-0.1, -0.05) is 0 Å². The summed E-state index contributed by atoms with van der Waals surface area (Å²) in [5, 5.41) is 9.96. The molecule has 0 amide bonds. The van der Waals surface area contributed by atoms with Crippen LogP contribution in [0.15, 0.2) is 42.2 Å². The Labute approximate surface area is 494 Å². The number of imidazole rings is 2. The van der Waals surface area contributed by atoms with Crippen LogP contribution in [0, 0.1) is 29.1 Å². The molecule has 2 aliphatic carbocycles. The molecular weight excluding hydrogens is 1090 g/mol. The highest BCUT2D eigenvalue weighted by molar-refractivity contribution is 6.04. The van der Waals surface area contributed by atoms with Gasteiger partial charge in [0.25, 0.3) is 0 Å². The van der Waals surface area contributed by atoms with E-state index in [4.69, 9.17) is 81.0 Å². The van der Waals surface area contributed by atoms with E-state index in [2.05, 4.69) is 68.8 Å². The van der Waals surface area contributed by atoms with Crippen molar-refractivity contribution in [3.8, 4) is 40.4 Å². The van der Waals surface area contributed by atoms with Crippen LogP contribution in [0.25, 0.3) is 56.6 Å². The minimum absolute atomic E-state index is 0.0877. The number of anilines is 5. The molecule has 6 N–H and O–H groups in total. The van der Waals surface area contributed by atoms with Crippen LogP contribution in [0.3, 0.4) is 0 Å². The first-order chi connectivity index (χ1) is 41.4. The molecule has 8 aliphatic heterocycles. The Morgan fingerprint density at radius 2 is 1.19 bits per heavy atom. The van der Waals surface area contributed by atoms with Crippen molar-refractivity contribution < 1.29 is 18.9 Å². The number of nitriles is 1. The zero-order valence-corrected chi connectivity index (χ0v) is 49.0. The molecule has 8 aromatic rings. The topological polar surface area (TPSA) is 348 Å². The molecule has 16 heterocycles. The van der Waals surface area contributed by atoms with E-state index in [0.29, 0.717) is 78.8 Å². The summed E-state index contributed by atoms with van der Waals surface area (Å²) in [5.74, 6) is 7.96. The highest BCUT2D eigenvalue weighted by Crippen LogP contribution is 2.53. The maximum absolute atomic E-state index is 9.96. The summed E-state index contributed by atoms with van der Waals surface area (Å²) in [5.41, 5.74) is 23.8. The van der Waals surface area contributed by atoms with Crippen LogP contribution in [0.2, 0.25) is 0 Å². The zero-order chi connectivity index (χ0) is 59.0. The number of hydrogen-bond donors (Lipinski definition) is 3. The number of ether oxygens (including phenoxy) is 4. The molecule has 8 aromatic heterocycles. The molecule has 27 heteroatoms. The van der Waals surface area contributed by atoms with Gasteiger partial charge in [-0.3, -0.25) is 4.99 Å². The predicted molar refractivity (Wildman–Crippen MR) is 316 cm³/mol. The second-order valence-corrected chi connectivity index (χ2v) is 25.4. The predicted octanol–water partition coefficient (Wildman–Crippen LogP) is 5.77. The van der Waals surface area contributed by atoms with Crippen LogP contribution in [0.1, 0.15) is 109 Å². The first-order valence-electron chi connectivity index (χ1n) is 29.7. The second kappa shape index (κ2) is 20.0. The lowest BCUT2D eigenvalue weighted by Gasteiger charge is -2.35. The van der Waals surface area contributed by atoms with Crippen LogP contribution in [-0.2, 0) is 48.7 Å². The summed E-state index contributed by atoms with van der Waals surface area (Å²) in [4.78, 5) is 73.8. The number of nitrogen functional groups attached to an aromatic ring is 3. The number of aromatic nitrogens is 16. The van der Waals surface area contributed by atoms with Crippen LogP contribution in [0.4, 0.5) is 35.0 Å². The molecule has 442 valence electrons. The van der Waals surface area contributed by atoms with E-state index in [-0.39, 0.29) is 17.8 Å². The molecule has 7 fully saturated rings. The lowest BCUT2D eigenvalue weighted by atomic mass is 9.67. The lowest BCUT2D eigenvalue weighted by Crippen LogP contribution is -2.42. The fourth-order valence-corrected chi connectivity index (χ4v) is 13.8. The molecular formula is C59H67N23O4. The number of nitrogens with zero attached hydrogens (tertiary/aromatic N) is 20. The molecule has 5 saturated heterocycles. The minimum Gasteiger partial charge on any atom is -0.382 e. The molecule has 2 bridgehead atoms. The van der Waals surface area contributed by atoms with Crippen molar-refractivity contribution in [2.75, 3.05) is 79.7 Å². The van der Waals surface area contributed by atoms with Crippen LogP contribution in [0.5, 0.6) is 0 Å². The average molecular weight is 1160 g/mol. The van der Waals surface area contributed by atoms with E-state index in [9.17, 15) is 5.26 Å². The van der Waals surface area contributed by atoms with Gasteiger partial charge < -0.3 is 55.1 Å². The van der Waals surface area contributed by atoms with Crippen molar-refractivity contribution in [3.63, 3.8) is 0 Å². The summed E-state index contributed by atoms with van der Waals surface area (Å²) in [6.45, 7) is 20.1. The third kappa shape index (κ3) is 9.00. The van der Waals surface area contributed by atoms with Gasteiger partial charge in [-0.05, 0) is 86.0 Å². The minimum atomic E-state index is -0.598. The molecule has 0 aromatic carbocycles. The molecule has 3 atom stereocenters. The molecule has 10 aliphatic rings. The maximum Gasteiger partial charge on any atom is 0.219 e. The third-order valence-electron chi connectivity index (χ3n) is 18.6. The SMILES string of the molecule is CC1(C)OCCC2C1=Nc1c2nc(-c2cnc(N)nc2)nc1C1(C#N)CCC1.CC1(C)OCCn2c1nc1c(N3CC4CC3C4)nc(-c3cnc(N)cn3)nc12.CC1(C)OCCn2c1nc1c(N3CC4COCC4C3)nc(-c3cnc(N)nc3)nc12. The fourth-order valence-electron chi connectivity index (χ4n) is 13.8. The number of aliphatic imine (C=N–C) groups is 1. The second-order valence-electron chi connectivity index (χ2n) is 25.4. The first-order valence-corrected chi connectivity index (χ1v) is 29.7. The van der Waals surface area contributed by atoms with Crippen molar-refractivity contribution in [2.24, 2.45) is 22.7 Å². The van der Waals surface area contributed by atoms with Gasteiger partial charge in [0.15, 0.2) is 51.4 Å². The number of fused-ring (bicyclic) bond motifs is 11. The largest absolute Gasteiger partial charge is 0.382 e. The van der Waals surface area contributed by atoms with Crippen molar-refractivity contribution in [1.82, 2.24) is 78.9 Å². The highest BCUT2D eigenvalue weighted by atomic mass is 16.5. The summed E-state index contributed by atoms with van der Waals surface area (Å²) >= 11 is 0. The Balaban J connectivity index is 0.000000109. The van der Waals surface area contributed by atoms with Crippen LogP contribution in [-0.4, -0.2) is 149 Å². The van der Waals surface area contributed by atoms with Gasteiger partial charge in [0, 0.05) is 87.9 Å². The van der Waals surface area contributed by atoms with E-state index >= 15 is 0 Å². The van der Waals surface area contributed by atoms with Crippen molar-refractivity contribution in [1.29, 1.82) is 5.26 Å². The summed E-state index contributed by atoms with van der Waals surface area (Å²) in [6.07, 6.45) is 15.7. The van der Waals surface area contributed by atoms with Gasteiger partial charge in [-0.25, -0.2) is 69.8 Å². The molecule has 2 saturated carbocycles. The van der Waals surface area contributed by atoms with Crippen molar-refractivity contribution in [2.45, 2.75) is 127 Å². The Bertz CT molecular complexity index is 4060. The summed E-state index contributed by atoms with van der Waals surface area (Å²) < 4.78 is 27.9. The lowest BCUT2D eigenvalue weighted by molar-refractivity contribution is -0.0532. The summed E-state index contributed by atoms with van der Waals surface area (Å²) in [7, 11) is 0. The highest BCUT2D eigenvalue weighted by Gasteiger charge is 2.50. The van der Waals surface area contributed by atoms with E-state index in [0.717, 1.165) is 145 Å². The van der Waals surface area contributed by atoms with E-state index < -0.39 is 22.2 Å². The molecule has 27 nitrogen and oxygen atoms in total. The molecule has 0 radical (unpaired) electrons. The van der Waals surface area contributed by atoms with Gasteiger partial charge in [-0.15, -0.1) is 0 Å². The number of nitrogens with two attached hydrogens (primary N) is 3. The Morgan fingerprint density at radius 3 is 1.74 bits per heavy atom. The quantitative estimate of drug-likeness (QED) is 0.178. The monoisotopic (exact) mass is 1160 g/mol. The molecule has 3 unspecified atom stereocenters. The van der Waals surface area contributed by atoms with Gasteiger partial charge >= 0.3 is 0 Å².